The number of allylic oxidation sites excluding steroid dienone is 4. The van der Waals surface area contributed by atoms with E-state index < -0.39 is 9.76 Å². The van der Waals surface area contributed by atoms with E-state index in [9.17, 15) is 0 Å². The molecule has 0 radical (unpaired) electrons. The standard InChI is InChI=1S/C11H12OSi.Li.H/c1-2-6-10(7-3-1)12-13-11-8-4-5-9-11;;/h1-8H,9,13H2;;. The second kappa shape index (κ2) is 5.92. The van der Waals surface area contributed by atoms with Gasteiger partial charge in [0, 0.05) is 0 Å². The van der Waals surface area contributed by atoms with Gasteiger partial charge in [0.05, 0.1) is 0 Å². The maximum absolute atomic E-state index is 5.72. The van der Waals surface area contributed by atoms with Crippen LogP contribution in [0.25, 0.3) is 0 Å². The molecule has 3 heteroatoms. The summed E-state index contributed by atoms with van der Waals surface area (Å²) in [5, 5.41) is 1.48. The van der Waals surface area contributed by atoms with Crippen molar-refractivity contribution in [2.75, 3.05) is 0 Å². The zero-order valence-corrected chi connectivity index (χ0v) is 8.86. The molecule has 1 aromatic carbocycles. The van der Waals surface area contributed by atoms with E-state index in [4.69, 9.17) is 4.43 Å². The molecule has 0 aromatic heterocycles. The van der Waals surface area contributed by atoms with Gasteiger partial charge in [0.2, 0.25) is 9.76 Å². The van der Waals surface area contributed by atoms with Gasteiger partial charge in [-0.3, -0.25) is 0 Å². The molecule has 0 unspecified atom stereocenters. The molecule has 0 saturated heterocycles. The van der Waals surface area contributed by atoms with Crippen molar-refractivity contribution in [1.29, 1.82) is 0 Å². The first-order chi connectivity index (χ1) is 6.45. The van der Waals surface area contributed by atoms with Gasteiger partial charge in [-0.05, 0) is 23.7 Å². The third kappa shape index (κ3) is 3.23. The summed E-state index contributed by atoms with van der Waals surface area (Å²) < 4.78 is 5.72. The molecule has 0 bridgehead atoms. The first-order valence-corrected chi connectivity index (χ1v) is 5.76. The molecule has 0 fully saturated rings. The van der Waals surface area contributed by atoms with Crippen molar-refractivity contribution in [3.63, 3.8) is 0 Å². The van der Waals surface area contributed by atoms with E-state index >= 15 is 0 Å². The van der Waals surface area contributed by atoms with Crippen molar-refractivity contribution < 1.29 is 4.43 Å². The molecule has 0 spiro atoms. The number of para-hydroxylation sites is 1. The number of benzene rings is 1. The predicted molar refractivity (Wildman–Crippen MR) is 64.6 cm³/mol. The topological polar surface area (TPSA) is 9.23 Å². The van der Waals surface area contributed by atoms with Gasteiger partial charge in [-0.25, -0.2) is 0 Å². The molecule has 0 atom stereocenters. The first-order valence-electron chi connectivity index (χ1n) is 4.47. The summed E-state index contributed by atoms with van der Waals surface area (Å²) >= 11 is 0. The predicted octanol–water partition coefficient (Wildman–Crippen LogP) is 1.34. The normalized spacial score (nSPS) is 14.1. The van der Waals surface area contributed by atoms with Crippen LogP contribution in [0.4, 0.5) is 0 Å². The van der Waals surface area contributed by atoms with Crippen LogP contribution in [0.15, 0.2) is 53.8 Å². The second-order valence-corrected chi connectivity index (χ2v) is 4.54. The van der Waals surface area contributed by atoms with Gasteiger partial charge in [0.25, 0.3) is 0 Å². The molecule has 1 aliphatic rings. The molecule has 14 heavy (non-hydrogen) atoms. The van der Waals surface area contributed by atoms with Crippen molar-refractivity contribution in [3.8, 4) is 5.75 Å². The summed E-state index contributed by atoms with van der Waals surface area (Å²) in [7, 11) is -0.512. The van der Waals surface area contributed by atoms with Crippen molar-refractivity contribution >= 4 is 28.6 Å². The summed E-state index contributed by atoms with van der Waals surface area (Å²) in [5.74, 6) is 1.00. The number of hydrogen-bond donors (Lipinski definition) is 0. The van der Waals surface area contributed by atoms with Crippen molar-refractivity contribution in [1.82, 2.24) is 0 Å². The van der Waals surface area contributed by atoms with Crippen molar-refractivity contribution in [2.45, 2.75) is 6.42 Å². The van der Waals surface area contributed by atoms with E-state index in [1.54, 1.807) is 0 Å². The SMILES string of the molecule is C1=CCC([SiH2]Oc2ccccc2)=C1.[LiH]. The van der Waals surface area contributed by atoms with Gasteiger partial charge in [-0.2, -0.15) is 0 Å². The fraction of sp³-hybridized carbons (Fsp3) is 0.0909. The Morgan fingerprint density at radius 1 is 1.14 bits per heavy atom. The van der Waals surface area contributed by atoms with Crippen LogP contribution in [0.5, 0.6) is 5.75 Å². The average molecular weight is 196 g/mol. The van der Waals surface area contributed by atoms with Gasteiger partial charge in [-0.15, -0.1) is 0 Å². The summed E-state index contributed by atoms with van der Waals surface area (Å²) in [6, 6.07) is 10.0. The fourth-order valence-electron chi connectivity index (χ4n) is 1.29. The van der Waals surface area contributed by atoms with Crippen LogP contribution in [0, 0.1) is 0 Å². The average Bonchev–Trinajstić information content (AvgIpc) is 2.69. The first kappa shape index (κ1) is 11.4. The molecule has 0 saturated carbocycles. The van der Waals surface area contributed by atoms with Crippen molar-refractivity contribution in [2.24, 2.45) is 0 Å². The molecule has 0 heterocycles. The van der Waals surface area contributed by atoms with Crippen LogP contribution in [0.1, 0.15) is 6.42 Å². The molecule has 2 rings (SSSR count). The van der Waals surface area contributed by atoms with E-state index in [-0.39, 0.29) is 18.9 Å². The zero-order chi connectivity index (χ0) is 8.93. The quantitative estimate of drug-likeness (QED) is 0.663. The zero-order valence-electron chi connectivity index (χ0n) is 7.44. The molecule has 0 aliphatic heterocycles. The van der Waals surface area contributed by atoms with Crippen LogP contribution in [0.3, 0.4) is 0 Å². The Hall–Kier alpha value is -0.686. The summed E-state index contributed by atoms with van der Waals surface area (Å²) in [6.45, 7) is 0. The Morgan fingerprint density at radius 2 is 1.93 bits per heavy atom. The molecule has 1 aromatic rings. The van der Waals surface area contributed by atoms with E-state index in [1.165, 1.54) is 5.20 Å². The number of hydrogen-bond acceptors (Lipinski definition) is 1. The van der Waals surface area contributed by atoms with E-state index in [0.29, 0.717) is 0 Å². The van der Waals surface area contributed by atoms with Gasteiger partial charge >= 0.3 is 18.9 Å². The summed E-state index contributed by atoms with van der Waals surface area (Å²) in [4.78, 5) is 0. The molecular formula is C11H13LiOSi. The van der Waals surface area contributed by atoms with Crippen molar-refractivity contribution in [3.05, 3.63) is 53.8 Å². The second-order valence-electron chi connectivity index (χ2n) is 3.06. The minimum atomic E-state index is -0.512. The van der Waals surface area contributed by atoms with Crippen LogP contribution >= 0.6 is 0 Å². The summed E-state index contributed by atoms with van der Waals surface area (Å²) in [6.07, 6.45) is 7.56. The molecule has 68 valence electrons. The fourth-order valence-corrected chi connectivity index (χ4v) is 2.35. The maximum atomic E-state index is 5.72. The minimum absolute atomic E-state index is 0. The third-order valence-corrected chi connectivity index (χ3v) is 3.39. The van der Waals surface area contributed by atoms with Crippen LogP contribution in [-0.4, -0.2) is 28.6 Å². The Kier molecular flexibility index (Phi) is 4.82. The van der Waals surface area contributed by atoms with Gasteiger partial charge in [-0.1, -0.05) is 36.4 Å². The molecule has 1 nitrogen and oxygen atoms in total. The Balaban J connectivity index is 0.000000980. The molecule has 1 aliphatic carbocycles. The molecular weight excluding hydrogens is 183 g/mol. The van der Waals surface area contributed by atoms with Gasteiger partial charge < -0.3 is 4.43 Å². The van der Waals surface area contributed by atoms with Gasteiger partial charge in [0.1, 0.15) is 5.75 Å². The Labute approximate surface area is 99.0 Å². The Morgan fingerprint density at radius 3 is 2.57 bits per heavy atom. The Bertz CT molecular complexity index is 332. The van der Waals surface area contributed by atoms with E-state index in [2.05, 4.69) is 18.2 Å². The van der Waals surface area contributed by atoms with Crippen LogP contribution < -0.4 is 4.43 Å². The molecule has 0 amide bonds. The number of rotatable bonds is 3. The monoisotopic (exact) mass is 196 g/mol. The van der Waals surface area contributed by atoms with Crippen LogP contribution in [0.2, 0.25) is 0 Å². The van der Waals surface area contributed by atoms with E-state index in [1.807, 2.05) is 30.3 Å². The molecule has 0 N–H and O–H groups in total. The van der Waals surface area contributed by atoms with E-state index in [0.717, 1.165) is 12.2 Å². The van der Waals surface area contributed by atoms with Gasteiger partial charge in [0.15, 0.2) is 0 Å². The summed E-state index contributed by atoms with van der Waals surface area (Å²) in [5.41, 5.74) is 0. The van der Waals surface area contributed by atoms with Crippen LogP contribution in [-0.2, 0) is 0 Å². The third-order valence-electron chi connectivity index (χ3n) is 2.02.